The van der Waals surface area contributed by atoms with Gasteiger partial charge in [0.2, 0.25) is 5.91 Å². The van der Waals surface area contributed by atoms with E-state index in [2.05, 4.69) is 15.6 Å². The number of carbonyl (C=O) groups excluding carboxylic acids is 2. The summed E-state index contributed by atoms with van der Waals surface area (Å²) in [6, 6.07) is 12.2. The summed E-state index contributed by atoms with van der Waals surface area (Å²) in [6.07, 6.45) is 2.45. The maximum Gasteiger partial charge on any atom is 0.256 e. The Balaban J connectivity index is 1.60. The van der Waals surface area contributed by atoms with Crippen molar-refractivity contribution >= 4 is 23.3 Å². The molecule has 0 aliphatic carbocycles. The highest BCUT2D eigenvalue weighted by molar-refractivity contribution is 6.04. The third kappa shape index (κ3) is 4.20. The molecule has 2 aromatic rings. The fraction of sp³-hybridized carbons (Fsp3) is 0.278. The van der Waals surface area contributed by atoms with Crippen molar-refractivity contribution in [2.24, 2.45) is 5.73 Å². The van der Waals surface area contributed by atoms with Crippen LogP contribution in [0.4, 0.5) is 11.5 Å². The molecule has 2 amide bonds. The van der Waals surface area contributed by atoms with Crippen LogP contribution in [0.1, 0.15) is 23.2 Å². The summed E-state index contributed by atoms with van der Waals surface area (Å²) in [6.45, 7) is 0.958. The van der Waals surface area contributed by atoms with Crippen molar-refractivity contribution in [2.45, 2.75) is 18.4 Å². The Hall–Kier alpha value is -2.77. The van der Waals surface area contributed by atoms with E-state index in [4.69, 9.17) is 10.5 Å². The molecule has 0 atom stereocenters. The normalized spacial score (nSPS) is 16.0. The van der Waals surface area contributed by atoms with Gasteiger partial charge in [-0.25, -0.2) is 4.98 Å². The zero-order valence-electron chi connectivity index (χ0n) is 13.7. The molecule has 2 heterocycles. The largest absolute Gasteiger partial charge is 0.381 e. The Morgan fingerprint density at radius 2 is 1.76 bits per heavy atom. The minimum Gasteiger partial charge on any atom is -0.381 e. The van der Waals surface area contributed by atoms with Gasteiger partial charge in [0.1, 0.15) is 11.4 Å². The fourth-order valence-corrected chi connectivity index (χ4v) is 2.54. The van der Waals surface area contributed by atoms with Crippen LogP contribution in [0.2, 0.25) is 0 Å². The van der Waals surface area contributed by atoms with Crippen molar-refractivity contribution in [3.8, 4) is 0 Å². The van der Waals surface area contributed by atoms with Crippen LogP contribution in [-0.2, 0) is 9.53 Å². The summed E-state index contributed by atoms with van der Waals surface area (Å²) < 4.78 is 5.24. The number of aromatic nitrogens is 1. The predicted octanol–water partition coefficient (Wildman–Crippen LogP) is 1.78. The lowest BCUT2D eigenvalue weighted by Crippen LogP contribution is -2.54. The van der Waals surface area contributed by atoms with Crippen molar-refractivity contribution in [2.75, 3.05) is 23.8 Å². The second-order valence-electron chi connectivity index (χ2n) is 5.97. The number of pyridine rings is 1. The van der Waals surface area contributed by atoms with E-state index in [0.717, 1.165) is 0 Å². The molecule has 1 aromatic carbocycles. The van der Waals surface area contributed by atoms with Gasteiger partial charge in [0, 0.05) is 18.8 Å². The van der Waals surface area contributed by atoms with Gasteiger partial charge in [-0.05, 0) is 37.1 Å². The number of nitrogens with one attached hydrogen (secondary N) is 2. The molecular weight excluding hydrogens is 320 g/mol. The fourth-order valence-electron chi connectivity index (χ4n) is 2.54. The highest BCUT2D eigenvalue weighted by Crippen LogP contribution is 2.20. The summed E-state index contributed by atoms with van der Waals surface area (Å²) in [5, 5.41) is 5.48. The summed E-state index contributed by atoms with van der Waals surface area (Å²) in [7, 11) is 0. The number of hydrogen-bond donors (Lipinski definition) is 3. The van der Waals surface area contributed by atoms with Gasteiger partial charge in [0.05, 0.1) is 11.9 Å². The number of anilines is 2. The van der Waals surface area contributed by atoms with Crippen LogP contribution in [0.5, 0.6) is 0 Å². The third-order valence-electron chi connectivity index (χ3n) is 4.14. The van der Waals surface area contributed by atoms with E-state index in [1.54, 1.807) is 36.4 Å². The topological polar surface area (TPSA) is 106 Å². The SMILES string of the molecule is NC1(C(=O)Nc2ccc(NC(=O)c3ccccc3)nc2)CCOCC1. The first-order chi connectivity index (χ1) is 12.1. The Morgan fingerprint density at radius 3 is 2.40 bits per heavy atom. The lowest BCUT2D eigenvalue weighted by atomic mass is 9.90. The number of carbonyl (C=O) groups is 2. The van der Waals surface area contributed by atoms with Gasteiger partial charge < -0.3 is 21.1 Å². The first-order valence-corrected chi connectivity index (χ1v) is 8.07. The van der Waals surface area contributed by atoms with Crippen LogP contribution < -0.4 is 16.4 Å². The number of hydrogen-bond acceptors (Lipinski definition) is 5. The molecule has 4 N–H and O–H groups in total. The average molecular weight is 340 g/mol. The van der Waals surface area contributed by atoms with Crippen LogP contribution in [-0.4, -0.2) is 35.6 Å². The van der Waals surface area contributed by atoms with E-state index in [1.807, 2.05) is 6.07 Å². The molecule has 0 saturated carbocycles. The van der Waals surface area contributed by atoms with Crippen molar-refractivity contribution in [3.05, 3.63) is 54.2 Å². The van der Waals surface area contributed by atoms with Crippen LogP contribution in [0.15, 0.2) is 48.7 Å². The van der Waals surface area contributed by atoms with Gasteiger partial charge in [-0.1, -0.05) is 18.2 Å². The highest BCUT2D eigenvalue weighted by Gasteiger charge is 2.35. The van der Waals surface area contributed by atoms with Crippen molar-refractivity contribution < 1.29 is 14.3 Å². The lowest BCUT2D eigenvalue weighted by Gasteiger charge is -2.31. The van der Waals surface area contributed by atoms with Gasteiger partial charge in [-0.15, -0.1) is 0 Å². The summed E-state index contributed by atoms with van der Waals surface area (Å²) >= 11 is 0. The highest BCUT2D eigenvalue weighted by atomic mass is 16.5. The van der Waals surface area contributed by atoms with E-state index in [1.165, 1.54) is 6.20 Å². The zero-order valence-corrected chi connectivity index (χ0v) is 13.7. The smallest absolute Gasteiger partial charge is 0.256 e. The molecule has 1 saturated heterocycles. The maximum atomic E-state index is 12.3. The molecule has 1 fully saturated rings. The second-order valence-corrected chi connectivity index (χ2v) is 5.97. The van der Waals surface area contributed by atoms with Crippen molar-refractivity contribution in [1.82, 2.24) is 4.98 Å². The molecule has 130 valence electrons. The minimum absolute atomic E-state index is 0.243. The van der Waals surface area contributed by atoms with Gasteiger partial charge in [0.15, 0.2) is 0 Å². The van der Waals surface area contributed by atoms with Gasteiger partial charge >= 0.3 is 0 Å². The monoisotopic (exact) mass is 340 g/mol. The van der Waals surface area contributed by atoms with Crippen LogP contribution >= 0.6 is 0 Å². The van der Waals surface area contributed by atoms with Gasteiger partial charge in [-0.3, -0.25) is 9.59 Å². The molecular formula is C18H20N4O3. The number of rotatable bonds is 4. The quantitative estimate of drug-likeness (QED) is 0.786. The Kier molecular flexibility index (Phi) is 5.06. The second kappa shape index (κ2) is 7.42. The van der Waals surface area contributed by atoms with Crippen LogP contribution in [0.25, 0.3) is 0 Å². The first kappa shape index (κ1) is 17.1. The van der Waals surface area contributed by atoms with Crippen LogP contribution in [0, 0.1) is 0 Å². The molecule has 1 aromatic heterocycles. The van der Waals surface area contributed by atoms with E-state index < -0.39 is 5.54 Å². The average Bonchev–Trinajstić information content (AvgIpc) is 2.64. The number of nitrogens with zero attached hydrogens (tertiary/aromatic N) is 1. The maximum absolute atomic E-state index is 12.3. The Labute approximate surface area is 145 Å². The molecule has 1 aliphatic rings. The molecule has 0 unspecified atom stereocenters. The first-order valence-electron chi connectivity index (χ1n) is 8.07. The molecule has 25 heavy (non-hydrogen) atoms. The van der Waals surface area contributed by atoms with Crippen molar-refractivity contribution in [3.63, 3.8) is 0 Å². The van der Waals surface area contributed by atoms with Gasteiger partial charge in [0.25, 0.3) is 5.91 Å². The zero-order chi connectivity index (χ0) is 17.7. The molecule has 1 aliphatic heterocycles. The Morgan fingerprint density at radius 1 is 1.04 bits per heavy atom. The molecule has 0 bridgehead atoms. The number of ether oxygens (including phenoxy) is 1. The number of benzene rings is 1. The molecule has 0 spiro atoms. The van der Waals surface area contributed by atoms with E-state index in [9.17, 15) is 9.59 Å². The summed E-state index contributed by atoms with van der Waals surface area (Å²) in [4.78, 5) is 28.6. The number of nitrogens with two attached hydrogens (primary N) is 1. The summed E-state index contributed by atoms with van der Waals surface area (Å²) in [5.41, 5.74) is 6.30. The van der Waals surface area contributed by atoms with Crippen molar-refractivity contribution in [1.29, 1.82) is 0 Å². The number of amides is 2. The standard InChI is InChI=1S/C18H20N4O3/c19-18(8-10-25-11-9-18)17(24)21-14-6-7-15(20-12-14)22-16(23)13-4-2-1-3-5-13/h1-7,12H,8-11,19H2,(H,21,24)(H,20,22,23). The van der Waals surface area contributed by atoms with E-state index in [-0.39, 0.29) is 11.8 Å². The lowest BCUT2D eigenvalue weighted by molar-refractivity contribution is -0.124. The molecule has 7 nitrogen and oxygen atoms in total. The third-order valence-corrected chi connectivity index (χ3v) is 4.14. The van der Waals surface area contributed by atoms with E-state index in [0.29, 0.717) is 43.1 Å². The van der Waals surface area contributed by atoms with Crippen LogP contribution in [0.3, 0.4) is 0 Å². The van der Waals surface area contributed by atoms with Gasteiger partial charge in [-0.2, -0.15) is 0 Å². The molecule has 7 heteroatoms. The molecule has 3 rings (SSSR count). The Bertz CT molecular complexity index is 741. The summed E-state index contributed by atoms with van der Waals surface area (Å²) in [5.74, 6) is -0.0907. The molecule has 0 radical (unpaired) electrons. The van der Waals surface area contributed by atoms with E-state index >= 15 is 0 Å². The minimum atomic E-state index is -0.918. The predicted molar refractivity (Wildman–Crippen MR) is 94.2 cm³/mol.